The molecule has 0 radical (unpaired) electrons. The number of hydrogen-bond donors (Lipinski definition) is 0. The van der Waals surface area contributed by atoms with Crippen molar-refractivity contribution in [2.45, 2.75) is 32.9 Å². The van der Waals surface area contributed by atoms with Crippen molar-refractivity contribution in [3.8, 4) is 11.4 Å². The van der Waals surface area contributed by atoms with Crippen molar-refractivity contribution in [3.63, 3.8) is 0 Å². The zero-order chi connectivity index (χ0) is 17.4. The van der Waals surface area contributed by atoms with Gasteiger partial charge in [-0.1, -0.05) is 0 Å². The Balaban J connectivity index is 1.54. The molecule has 4 heterocycles. The maximum Gasteiger partial charge on any atom is 0.140 e. The highest BCUT2D eigenvalue weighted by molar-refractivity contribution is 5.55. The van der Waals surface area contributed by atoms with Gasteiger partial charge in [-0.3, -0.25) is 14.6 Å². The summed E-state index contributed by atoms with van der Waals surface area (Å²) in [5, 5.41) is 4.36. The molecule has 1 fully saturated rings. The van der Waals surface area contributed by atoms with E-state index in [4.69, 9.17) is 0 Å². The number of imidazole rings is 1. The highest BCUT2D eigenvalue weighted by Gasteiger charge is 2.27. The molecule has 0 amide bonds. The van der Waals surface area contributed by atoms with Crippen LogP contribution in [0.3, 0.4) is 0 Å². The lowest BCUT2D eigenvalue weighted by Gasteiger charge is -2.19. The van der Waals surface area contributed by atoms with Gasteiger partial charge in [-0.15, -0.1) is 0 Å². The first-order valence-corrected chi connectivity index (χ1v) is 8.77. The molecule has 0 spiro atoms. The predicted molar refractivity (Wildman–Crippen MR) is 97.1 cm³/mol. The molecule has 130 valence electrons. The molecule has 1 unspecified atom stereocenters. The second-order valence-electron chi connectivity index (χ2n) is 6.89. The maximum absolute atomic E-state index is 4.66. The molecule has 1 aliphatic heterocycles. The number of nitrogens with zero attached hydrogens (tertiary/aromatic N) is 6. The molecule has 6 heteroatoms. The van der Waals surface area contributed by atoms with Gasteiger partial charge in [0.2, 0.25) is 0 Å². The summed E-state index contributed by atoms with van der Waals surface area (Å²) >= 11 is 0. The lowest BCUT2D eigenvalue weighted by Crippen LogP contribution is -2.22. The van der Waals surface area contributed by atoms with Gasteiger partial charge in [0.15, 0.2) is 0 Å². The summed E-state index contributed by atoms with van der Waals surface area (Å²) in [5.41, 5.74) is 4.92. The van der Waals surface area contributed by atoms with Crippen LogP contribution in [0.5, 0.6) is 0 Å². The highest BCUT2D eigenvalue weighted by Crippen LogP contribution is 2.30. The van der Waals surface area contributed by atoms with E-state index >= 15 is 0 Å². The largest absolute Gasteiger partial charge is 0.324 e. The van der Waals surface area contributed by atoms with Crippen molar-refractivity contribution in [1.29, 1.82) is 0 Å². The lowest BCUT2D eigenvalue weighted by molar-refractivity contribution is 0.315. The van der Waals surface area contributed by atoms with Crippen LogP contribution in [0.1, 0.15) is 29.4 Å². The summed E-state index contributed by atoms with van der Waals surface area (Å²) in [7, 11) is 2.00. The van der Waals surface area contributed by atoms with Crippen LogP contribution in [0, 0.1) is 13.8 Å². The van der Waals surface area contributed by atoms with Gasteiger partial charge in [0.1, 0.15) is 5.82 Å². The molecular formula is C19H24N6. The molecule has 25 heavy (non-hydrogen) atoms. The summed E-state index contributed by atoms with van der Waals surface area (Å²) in [6.45, 7) is 7.40. The third kappa shape index (κ3) is 2.98. The maximum atomic E-state index is 4.66. The van der Waals surface area contributed by atoms with Gasteiger partial charge >= 0.3 is 0 Å². The van der Waals surface area contributed by atoms with E-state index in [-0.39, 0.29) is 0 Å². The van der Waals surface area contributed by atoms with Crippen LogP contribution in [0.2, 0.25) is 0 Å². The van der Waals surface area contributed by atoms with Gasteiger partial charge in [0.25, 0.3) is 0 Å². The van der Waals surface area contributed by atoms with Crippen molar-refractivity contribution < 1.29 is 0 Å². The van der Waals surface area contributed by atoms with E-state index in [1.165, 1.54) is 17.0 Å². The Morgan fingerprint density at radius 1 is 1.16 bits per heavy atom. The third-order valence-corrected chi connectivity index (χ3v) is 5.26. The van der Waals surface area contributed by atoms with Crippen LogP contribution < -0.4 is 0 Å². The van der Waals surface area contributed by atoms with Crippen LogP contribution in [0.25, 0.3) is 11.4 Å². The Morgan fingerprint density at radius 2 is 1.96 bits per heavy atom. The minimum atomic E-state index is 0.461. The molecule has 0 saturated carbocycles. The van der Waals surface area contributed by atoms with Gasteiger partial charge in [0, 0.05) is 73.8 Å². The first-order chi connectivity index (χ1) is 12.1. The monoisotopic (exact) mass is 336 g/mol. The Bertz CT molecular complexity index is 863. The minimum absolute atomic E-state index is 0.461. The standard InChI is InChI=1S/C19H24N6/c1-14-10-21-19(16-4-7-20-8-5-16)25(14)18-6-9-24(13-18)12-17-11-22-23(3)15(17)2/h4-5,7-8,10-11,18H,6,9,12-13H2,1-3H3. The molecule has 0 bridgehead atoms. The van der Waals surface area contributed by atoms with Crippen LogP contribution in [-0.4, -0.2) is 42.3 Å². The Hall–Kier alpha value is -2.47. The topological polar surface area (TPSA) is 51.8 Å². The number of rotatable bonds is 4. The second-order valence-corrected chi connectivity index (χ2v) is 6.89. The fraction of sp³-hybridized carbons (Fsp3) is 0.421. The van der Waals surface area contributed by atoms with Crippen molar-refractivity contribution in [2.75, 3.05) is 13.1 Å². The molecule has 3 aromatic heterocycles. The first-order valence-electron chi connectivity index (χ1n) is 8.77. The summed E-state index contributed by atoms with van der Waals surface area (Å²) < 4.78 is 4.34. The van der Waals surface area contributed by atoms with E-state index in [0.717, 1.165) is 37.4 Å². The minimum Gasteiger partial charge on any atom is -0.324 e. The number of aromatic nitrogens is 5. The fourth-order valence-electron chi connectivity index (χ4n) is 3.73. The van der Waals surface area contributed by atoms with E-state index in [1.54, 1.807) is 0 Å². The predicted octanol–water partition coefficient (Wildman–Crippen LogP) is 2.74. The number of aryl methyl sites for hydroxylation is 2. The normalized spacial score (nSPS) is 18.1. The van der Waals surface area contributed by atoms with Crippen LogP contribution in [-0.2, 0) is 13.6 Å². The molecule has 4 rings (SSSR count). The van der Waals surface area contributed by atoms with Gasteiger partial charge < -0.3 is 4.57 Å². The fourth-order valence-corrected chi connectivity index (χ4v) is 3.73. The number of likely N-dealkylation sites (tertiary alicyclic amines) is 1. The average Bonchev–Trinajstić information content (AvgIpc) is 3.31. The Labute approximate surface area is 148 Å². The van der Waals surface area contributed by atoms with E-state index in [9.17, 15) is 0 Å². The summed E-state index contributed by atoms with van der Waals surface area (Å²) in [4.78, 5) is 11.3. The van der Waals surface area contributed by atoms with Gasteiger partial charge in [-0.25, -0.2) is 4.98 Å². The summed E-state index contributed by atoms with van der Waals surface area (Å²) in [6, 6.07) is 4.52. The molecular weight excluding hydrogens is 312 g/mol. The van der Waals surface area contributed by atoms with Gasteiger partial charge in [-0.05, 0) is 32.4 Å². The van der Waals surface area contributed by atoms with Crippen LogP contribution in [0.4, 0.5) is 0 Å². The third-order valence-electron chi connectivity index (χ3n) is 5.26. The van der Waals surface area contributed by atoms with E-state index < -0.39 is 0 Å². The average molecular weight is 336 g/mol. The molecule has 0 N–H and O–H groups in total. The number of hydrogen-bond acceptors (Lipinski definition) is 4. The SMILES string of the molecule is Cc1c(CN2CCC(n3c(C)cnc3-c3ccncc3)C2)cnn1C. The van der Waals surface area contributed by atoms with E-state index in [1.807, 2.05) is 48.6 Å². The van der Waals surface area contributed by atoms with Crippen molar-refractivity contribution in [3.05, 3.63) is 53.9 Å². The van der Waals surface area contributed by atoms with Crippen molar-refractivity contribution in [2.24, 2.45) is 7.05 Å². The molecule has 1 atom stereocenters. The van der Waals surface area contributed by atoms with Crippen LogP contribution >= 0.6 is 0 Å². The van der Waals surface area contributed by atoms with Crippen molar-refractivity contribution in [1.82, 2.24) is 29.2 Å². The quantitative estimate of drug-likeness (QED) is 0.735. The van der Waals surface area contributed by atoms with E-state index in [0.29, 0.717) is 6.04 Å². The summed E-state index contributed by atoms with van der Waals surface area (Å²) in [5.74, 6) is 1.05. The molecule has 1 aliphatic rings. The van der Waals surface area contributed by atoms with Gasteiger partial charge in [-0.2, -0.15) is 5.10 Å². The van der Waals surface area contributed by atoms with E-state index in [2.05, 4.69) is 38.4 Å². The molecule has 6 nitrogen and oxygen atoms in total. The molecule has 0 aromatic carbocycles. The molecule has 0 aliphatic carbocycles. The van der Waals surface area contributed by atoms with Gasteiger partial charge in [0.05, 0.1) is 6.20 Å². The van der Waals surface area contributed by atoms with Crippen LogP contribution in [0.15, 0.2) is 36.9 Å². The number of pyridine rings is 1. The smallest absolute Gasteiger partial charge is 0.140 e. The first kappa shape index (κ1) is 16.0. The van der Waals surface area contributed by atoms with Crippen molar-refractivity contribution >= 4 is 0 Å². The second kappa shape index (κ2) is 6.44. The molecule has 3 aromatic rings. The highest BCUT2D eigenvalue weighted by atomic mass is 15.3. The zero-order valence-corrected chi connectivity index (χ0v) is 15.1. The molecule has 1 saturated heterocycles. The summed E-state index contributed by atoms with van der Waals surface area (Å²) in [6.07, 6.45) is 8.78. The Kier molecular flexibility index (Phi) is 4.13. The lowest BCUT2D eigenvalue weighted by atomic mass is 10.2. The zero-order valence-electron chi connectivity index (χ0n) is 15.1. The Morgan fingerprint density at radius 3 is 2.68 bits per heavy atom.